The van der Waals surface area contributed by atoms with Crippen LogP contribution >= 0.6 is 11.3 Å². The van der Waals surface area contributed by atoms with E-state index in [9.17, 15) is 0 Å². The van der Waals surface area contributed by atoms with Crippen LogP contribution in [0.25, 0.3) is 0 Å². The van der Waals surface area contributed by atoms with Gasteiger partial charge in [0, 0.05) is 22.3 Å². The van der Waals surface area contributed by atoms with Crippen LogP contribution in [0.2, 0.25) is 0 Å². The minimum Gasteiger partial charge on any atom is -0.309 e. The Kier molecular flexibility index (Phi) is 4.73. The maximum atomic E-state index is 3.77. The first-order valence-corrected chi connectivity index (χ1v) is 8.49. The molecule has 0 amide bonds. The Bertz CT molecular complexity index is 392. The largest absolute Gasteiger partial charge is 0.309 e. The molecule has 108 valence electrons. The Hall–Kier alpha value is -0.340. The van der Waals surface area contributed by atoms with E-state index in [0.717, 1.165) is 24.4 Å². The zero-order valence-electron chi connectivity index (χ0n) is 13.1. The molecule has 2 rings (SSSR count). The fourth-order valence-electron chi connectivity index (χ4n) is 3.23. The van der Waals surface area contributed by atoms with Crippen molar-refractivity contribution in [2.75, 3.05) is 0 Å². The Morgan fingerprint density at radius 1 is 1.11 bits per heavy atom. The average Bonchev–Trinajstić information content (AvgIpc) is 2.73. The number of nitrogens with one attached hydrogen (secondary N) is 1. The summed E-state index contributed by atoms with van der Waals surface area (Å²) in [6.07, 6.45) is 4.11. The summed E-state index contributed by atoms with van der Waals surface area (Å²) in [6, 6.07) is 5.32. The van der Waals surface area contributed by atoms with E-state index in [-0.39, 0.29) is 5.41 Å². The lowest BCUT2D eigenvalue weighted by Gasteiger charge is -2.32. The van der Waals surface area contributed by atoms with Gasteiger partial charge in [-0.3, -0.25) is 0 Å². The Morgan fingerprint density at radius 2 is 1.74 bits per heavy atom. The van der Waals surface area contributed by atoms with Gasteiger partial charge in [-0.15, -0.1) is 11.3 Å². The Morgan fingerprint density at radius 3 is 2.26 bits per heavy atom. The number of thiophene rings is 1. The van der Waals surface area contributed by atoms with Crippen LogP contribution in [-0.4, -0.2) is 6.04 Å². The van der Waals surface area contributed by atoms with Gasteiger partial charge in [-0.05, 0) is 48.6 Å². The highest BCUT2D eigenvalue weighted by Crippen LogP contribution is 2.31. The first-order chi connectivity index (χ1) is 8.84. The summed E-state index contributed by atoms with van der Waals surface area (Å²) in [6.45, 7) is 12.7. The SMILES string of the molecule is CC1CC(C)CC(NCc2ccc(C(C)(C)C)s2)C1. The van der Waals surface area contributed by atoms with E-state index in [2.05, 4.69) is 52.1 Å². The molecule has 1 fully saturated rings. The van der Waals surface area contributed by atoms with Crippen LogP contribution in [0.5, 0.6) is 0 Å². The van der Waals surface area contributed by atoms with Crippen LogP contribution in [0.1, 0.15) is 63.6 Å². The van der Waals surface area contributed by atoms with E-state index in [4.69, 9.17) is 0 Å². The second kappa shape index (κ2) is 5.97. The van der Waals surface area contributed by atoms with Crippen LogP contribution < -0.4 is 5.32 Å². The van der Waals surface area contributed by atoms with Gasteiger partial charge in [0.15, 0.2) is 0 Å². The van der Waals surface area contributed by atoms with Gasteiger partial charge in [0.1, 0.15) is 0 Å². The molecule has 19 heavy (non-hydrogen) atoms. The lowest BCUT2D eigenvalue weighted by molar-refractivity contribution is 0.238. The molecule has 1 aliphatic rings. The van der Waals surface area contributed by atoms with Crippen molar-refractivity contribution in [3.8, 4) is 0 Å². The second-order valence-corrected chi connectivity index (χ2v) is 8.68. The van der Waals surface area contributed by atoms with E-state index in [1.54, 1.807) is 0 Å². The molecular formula is C17H29NS. The molecule has 2 heteroatoms. The molecule has 1 saturated carbocycles. The highest BCUT2D eigenvalue weighted by atomic mass is 32.1. The maximum absolute atomic E-state index is 3.77. The summed E-state index contributed by atoms with van der Waals surface area (Å²) in [7, 11) is 0. The Balaban J connectivity index is 1.87. The third kappa shape index (κ3) is 4.32. The molecule has 2 unspecified atom stereocenters. The average molecular weight is 279 g/mol. The lowest BCUT2D eigenvalue weighted by Crippen LogP contribution is -2.35. The summed E-state index contributed by atoms with van der Waals surface area (Å²) >= 11 is 1.97. The van der Waals surface area contributed by atoms with Gasteiger partial charge in [0.25, 0.3) is 0 Å². The van der Waals surface area contributed by atoms with Crippen LogP contribution in [-0.2, 0) is 12.0 Å². The monoisotopic (exact) mass is 279 g/mol. The third-order valence-electron chi connectivity index (χ3n) is 4.14. The zero-order valence-corrected chi connectivity index (χ0v) is 13.9. The van der Waals surface area contributed by atoms with Crippen molar-refractivity contribution in [3.63, 3.8) is 0 Å². The van der Waals surface area contributed by atoms with Crippen molar-refractivity contribution in [1.82, 2.24) is 5.32 Å². The topological polar surface area (TPSA) is 12.0 Å². The van der Waals surface area contributed by atoms with Gasteiger partial charge >= 0.3 is 0 Å². The predicted molar refractivity (Wildman–Crippen MR) is 85.8 cm³/mol. The molecule has 1 heterocycles. The zero-order chi connectivity index (χ0) is 14.0. The number of hydrogen-bond donors (Lipinski definition) is 1. The fourth-order valence-corrected chi connectivity index (χ4v) is 4.25. The van der Waals surface area contributed by atoms with Crippen LogP contribution in [0.3, 0.4) is 0 Å². The van der Waals surface area contributed by atoms with Crippen molar-refractivity contribution in [2.45, 2.75) is 71.9 Å². The first kappa shape index (κ1) is 15.1. The molecule has 1 aromatic rings. The van der Waals surface area contributed by atoms with Gasteiger partial charge < -0.3 is 5.32 Å². The molecule has 0 aliphatic heterocycles. The standard InChI is InChI=1S/C17H29NS/c1-12-8-13(2)10-14(9-12)18-11-15-6-7-16(19-15)17(3,4)5/h6-7,12-14,18H,8-11H2,1-5H3. The molecule has 0 bridgehead atoms. The van der Waals surface area contributed by atoms with Crippen molar-refractivity contribution in [2.24, 2.45) is 11.8 Å². The molecule has 2 atom stereocenters. The van der Waals surface area contributed by atoms with Gasteiger partial charge in [-0.25, -0.2) is 0 Å². The highest BCUT2D eigenvalue weighted by molar-refractivity contribution is 7.12. The number of hydrogen-bond acceptors (Lipinski definition) is 2. The Labute approximate surface area is 122 Å². The summed E-state index contributed by atoms with van der Waals surface area (Å²) in [5, 5.41) is 3.77. The molecule has 1 nitrogen and oxygen atoms in total. The van der Waals surface area contributed by atoms with Crippen LogP contribution in [0.15, 0.2) is 12.1 Å². The van der Waals surface area contributed by atoms with E-state index in [0.29, 0.717) is 0 Å². The van der Waals surface area contributed by atoms with Gasteiger partial charge in [0.2, 0.25) is 0 Å². The predicted octanol–water partition coefficient (Wildman–Crippen LogP) is 4.96. The summed E-state index contributed by atoms with van der Waals surface area (Å²) in [5.41, 5.74) is 0.288. The van der Waals surface area contributed by atoms with E-state index >= 15 is 0 Å². The van der Waals surface area contributed by atoms with Crippen LogP contribution in [0, 0.1) is 11.8 Å². The second-order valence-electron chi connectivity index (χ2n) is 7.51. The quantitative estimate of drug-likeness (QED) is 0.824. The third-order valence-corrected chi connectivity index (χ3v) is 5.66. The normalized spacial score (nSPS) is 28.6. The lowest BCUT2D eigenvalue weighted by atomic mass is 9.80. The molecule has 0 radical (unpaired) electrons. The maximum Gasteiger partial charge on any atom is 0.0302 e. The minimum absolute atomic E-state index is 0.288. The highest BCUT2D eigenvalue weighted by Gasteiger charge is 2.23. The van der Waals surface area contributed by atoms with E-state index in [1.165, 1.54) is 29.0 Å². The summed E-state index contributed by atoms with van der Waals surface area (Å²) in [5.74, 6) is 1.77. The smallest absolute Gasteiger partial charge is 0.0302 e. The molecule has 0 spiro atoms. The van der Waals surface area contributed by atoms with Crippen LogP contribution in [0.4, 0.5) is 0 Å². The molecule has 0 aromatic carbocycles. The summed E-state index contributed by atoms with van der Waals surface area (Å²) in [4.78, 5) is 2.98. The molecule has 0 saturated heterocycles. The van der Waals surface area contributed by atoms with Crippen molar-refractivity contribution in [1.29, 1.82) is 0 Å². The van der Waals surface area contributed by atoms with Crippen molar-refractivity contribution in [3.05, 3.63) is 21.9 Å². The number of rotatable bonds is 3. The van der Waals surface area contributed by atoms with Gasteiger partial charge in [0.05, 0.1) is 0 Å². The van der Waals surface area contributed by atoms with Gasteiger partial charge in [-0.1, -0.05) is 34.6 Å². The van der Waals surface area contributed by atoms with Gasteiger partial charge in [-0.2, -0.15) is 0 Å². The molecule has 1 aliphatic carbocycles. The van der Waals surface area contributed by atoms with Crippen molar-refractivity contribution >= 4 is 11.3 Å². The van der Waals surface area contributed by atoms with Crippen molar-refractivity contribution < 1.29 is 0 Å². The molecule has 1 aromatic heterocycles. The van der Waals surface area contributed by atoms with E-state index in [1.807, 2.05) is 11.3 Å². The molecule has 1 N–H and O–H groups in total. The first-order valence-electron chi connectivity index (χ1n) is 7.67. The summed E-state index contributed by atoms with van der Waals surface area (Å²) < 4.78 is 0. The molecular weight excluding hydrogens is 250 g/mol. The fraction of sp³-hybridized carbons (Fsp3) is 0.765. The minimum atomic E-state index is 0.288. The van der Waals surface area contributed by atoms with E-state index < -0.39 is 0 Å².